The lowest BCUT2D eigenvalue weighted by Crippen LogP contribution is -2.38. The van der Waals surface area contributed by atoms with Crippen molar-refractivity contribution in [2.45, 2.75) is 44.4 Å². The molecule has 2 fully saturated rings. The number of amides is 2. The number of rotatable bonds is 5. The van der Waals surface area contributed by atoms with Gasteiger partial charge in [0.15, 0.2) is 0 Å². The third-order valence-corrected chi connectivity index (χ3v) is 7.51. The summed E-state index contributed by atoms with van der Waals surface area (Å²) in [6.45, 7) is 7.21. The van der Waals surface area contributed by atoms with Crippen LogP contribution >= 0.6 is 0 Å². The number of ether oxygens (including phenoxy) is 1. The fraction of sp³-hybridized carbons (Fsp3) is 0.636. The van der Waals surface area contributed by atoms with E-state index in [2.05, 4.69) is 0 Å². The first-order valence-corrected chi connectivity index (χ1v) is 12.5. The minimum Gasteiger partial charge on any atom is -0.449 e. The van der Waals surface area contributed by atoms with Crippen LogP contribution in [0.1, 0.15) is 49.9 Å². The Kier molecular flexibility index (Phi) is 7.94. The fourth-order valence-electron chi connectivity index (χ4n) is 3.86. The zero-order chi connectivity index (χ0) is 22.4. The topological polar surface area (TPSA) is 87.2 Å². The van der Waals surface area contributed by atoms with Crippen LogP contribution in [-0.2, 0) is 14.8 Å². The zero-order valence-corrected chi connectivity index (χ0v) is 19.3. The monoisotopic (exact) mass is 451 g/mol. The highest BCUT2D eigenvalue weighted by Gasteiger charge is 2.28. The second-order valence-electron chi connectivity index (χ2n) is 8.60. The van der Waals surface area contributed by atoms with Gasteiger partial charge in [-0.2, -0.15) is 4.31 Å². The van der Waals surface area contributed by atoms with E-state index in [-0.39, 0.29) is 22.8 Å². The SMILES string of the molecule is CC(C)COC(=O)N1CCCN(C(=O)c2cccc(S(=O)(=O)N3CCCCC3)c2)CC1. The number of hydrogen-bond donors (Lipinski definition) is 0. The fourth-order valence-corrected chi connectivity index (χ4v) is 5.42. The maximum atomic E-state index is 13.1. The molecule has 0 radical (unpaired) electrons. The number of sulfonamides is 1. The van der Waals surface area contributed by atoms with Gasteiger partial charge in [0.25, 0.3) is 5.91 Å². The van der Waals surface area contributed by atoms with Crippen molar-refractivity contribution < 1.29 is 22.7 Å². The number of hydrogen-bond acceptors (Lipinski definition) is 5. The van der Waals surface area contributed by atoms with Gasteiger partial charge in [0, 0.05) is 44.8 Å². The van der Waals surface area contributed by atoms with Gasteiger partial charge in [-0.3, -0.25) is 4.79 Å². The van der Waals surface area contributed by atoms with Crippen molar-refractivity contribution in [1.82, 2.24) is 14.1 Å². The van der Waals surface area contributed by atoms with Crippen LogP contribution in [0.2, 0.25) is 0 Å². The van der Waals surface area contributed by atoms with Crippen LogP contribution in [0.3, 0.4) is 0 Å². The van der Waals surface area contributed by atoms with Crippen molar-refractivity contribution in [1.29, 1.82) is 0 Å². The summed E-state index contributed by atoms with van der Waals surface area (Å²) in [5.41, 5.74) is 0.355. The van der Waals surface area contributed by atoms with E-state index in [0.717, 1.165) is 19.3 Å². The lowest BCUT2D eigenvalue weighted by Gasteiger charge is -2.26. The molecule has 2 saturated heterocycles. The Hall–Kier alpha value is -2.13. The Bertz CT molecular complexity index is 881. The quantitative estimate of drug-likeness (QED) is 0.687. The Morgan fingerprint density at radius 1 is 0.935 bits per heavy atom. The molecule has 31 heavy (non-hydrogen) atoms. The first-order valence-electron chi connectivity index (χ1n) is 11.1. The van der Waals surface area contributed by atoms with Gasteiger partial charge in [-0.1, -0.05) is 26.3 Å². The largest absolute Gasteiger partial charge is 0.449 e. The lowest BCUT2D eigenvalue weighted by molar-refractivity contribution is 0.0746. The molecule has 0 spiro atoms. The number of carbonyl (C=O) groups is 2. The van der Waals surface area contributed by atoms with E-state index >= 15 is 0 Å². The molecule has 0 aliphatic carbocycles. The molecule has 2 heterocycles. The van der Waals surface area contributed by atoms with E-state index in [4.69, 9.17) is 4.74 Å². The molecule has 0 aromatic heterocycles. The van der Waals surface area contributed by atoms with Gasteiger partial charge in [-0.05, 0) is 43.4 Å². The predicted octanol–water partition coefficient (Wildman–Crippen LogP) is 2.80. The Balaban J connectivity index is 1.66. The second-order valence-corrected chi connectivity index (χ2v) is 10.5. The molecule has 8 nitrogen and oxygen atoms in total. The summed E-state index contributed by atoms with van der Waals surface area (Å²) in [5, 5.41) is 0. The molecule has 0 atom stereocenters. The summed E-state index contributed by atoms with van der Waals surface area (Å²) < 4.78 is 32.7. The lowest BCUT2D eigenvalue weighted by atomic mass is 10.2. The molecule has 3 rings (SSSR count). The third-order valence-electron chi connectivity index (χ3n) is 5.62. The van der Waals surface area contributed by atoms with Crippen LogP contribution in [-0.4, -0.2) is 80.4 Å². The maximum Gasteiger partial charge on any atom is 0.409 e. The molecule has 2 amide bonds. The molecule has 0 bridgehead atoms. The third kappa shape index (κ3) is 5.98. The van der Waals surface area contributed by atoms with Crippen LogP contribution in [0.25, 0.3) is 0 Å². The van der Waals surface area contributed by atoms with E-state index in [9.17, 15) is 18.0 Å². The Morgan fingerprint density at radius 3 is 2.32 bits per heavy atom. The molecule has 172 valence electrons. The Morgan fingerprint density at radius 2 is 1.61 bits per heavy atom. The first kappa shape index (κ1) is 23.5. The van der Waals surface area contributed by atoms with E-state index in [1.807, 2.05) is 13.8 Å². The van der Waals surface area contributed by atoms with E-state index in [1.54, 1.807) is 28.0 Å². The molecule has 2 aliphatic rings. The van der Waals surface area contributed by atoms with Gasteiger partial charge in [-0.15, -0.1) is 0 Å². The molecular weight excluding hydrogens is 418 g/mol. The summed E-state index contributed by atoms with van der Waals surface area (Å²) in [4.78, 5) is 28.8. The van der Waals surface area contributed by atoms with Gasteiger partial charge in [-0.25, -0.2) is 13.2 Å². The molecule has 9 heteroatoms. The van der Waals surface area contributed by atoms with E-state index < -0.39 is 10.0 Å². The molecule has 0 N–H and O–H groups in total. The minimum atomic E-state index is -3.60. The van der Waals surface area contributed by atoms with Crippen molar-refractivity contribution in [3.8, 4) is 0 Å². The molecule has 2 aliphatic heterocycles. The predicted molar refractivity (Wildman–Crippen MR) is 117 cm³/mol. The molecule has 1 aromatic carbocycles. The normalized spacial score (nSPS) is 18.7. The van der Waals surface area contributed by atoms with Crippen LogP contribution in [0.15, 0.2) is 29.2 Å². The number of nitrogens with zero attached hydrogens (tertiary/aromatic N) is 3. The van der Waals surface area contributed by atoms with Crippen LogP contribution in [0.4, 0.5) is 4.79 Å². The van der Waals surface area contributed by atoms with E-state index in [1.165, 1.54) is 10.4 Å². The molecule has 0 saturated carbocycles. The van der Waals surface area contributed by atoms with Gasteiger partial charge in [0.2, 0.25) is 10.0 Å². The van der Waals surface area contributed by atoms with Gasteiger partial charge >= 0.3 is 6.09 Å². The van der Waals surface area contributed by atoms with Crippen LogP contribution < -0.4 is 0 Å². The summed E-state index contributed by atoms with van der Waals surface area (Å²) in [6, 6.07) is 6.30. The summed E-state index contributed by atoms with van der Waals surface area (Å²) >= 11 is 0. The number of benzene rings is 1. The van der Waals surface area contributed by atoms with Crippen molar-refractivity contribution in [2.75, 3.05) is 45.9 Å². The van der Waals surface area contributed by atoms with Crippen molar-refractivity contribution in [3.63, 3.8) is 0 Å². The smallest absolute Gasteiger partial charge is 0.409 e. The van der Waals surface area contributed by atoms with Crippen molar-refractivity contribution >= 4 is 22.0 Å². The van der Waals surface area contributed by atoms with Crippen molar-refractivity contribution in [2.24, 2.45) is 5.92 Å². The van der Waals surface area contributed by atoms with Gasteiger partial charge in [0.05, 0.1) is 11.5 Å². The maximum absolute atomic E-state index is 13.1. The molecular formula is C22H33N3O5S. The summed E-state index contributed by atoms with van der Waals surface area (Å²) in [7, 11) is -3.60. The highest BCUT2D eigenvalue weighted by atomic mass is 32.2. The highest BCUT2D eigenvalue weighted by Crippen LogP contribution is 2.22. The minimum absolute atomic E-state index is 0.161. The second kappa shape index (κ2) is 10.5. The summed E-state index contributed by atoms with van der Waals surface area (Å²) in [6.07, 6.45) is 3.07. The average molecular weight is 452 g/mol. The van der Waals surface area contributed by atoms with Crippen LogP contribution in [0, 0.1) is 5.92 Å². The molecule has 1 aromatic rings. The number of carbonyl (C=O) groups excluding carboxylic acids is 2. The first-order chi connectivity index (χ1) is 14.8. The van der Waals surface area contributed by atoms with E-state index in [0.29, 0.717) is 57.9 Å². The molecule has 0 unspecified atom stereocenters. The number of piperidine rings is 1. The standard InChI is InChI=1S/C22H33N3O5S/c1-18(2)17-30-22(27)24-11-7-10-23(14-15-24)21(26)19-8-6-9-20(16-19)31(28,29)25-12-4-3-5-13-25/h6,8-9,16,18H,3-5,7,10-15,17H2,1-2H3. The average Bonchev–Trinajstić information content (AvgIpc) is 3.04. The van der Waals surface area contributed by atoms with Gasteiger partial charge < -0.3 is 14.5 Å². The van der Waals surface area contributed by atoms with Gasteiger partial charge in [0.1, 0.15) is 0 Å². The van der Waals surface area contributed by atoms with Crippen LogP contribution in [0.5, 0.6) is 0 Å². The highest BCUT2D eigenvalue weighted by molar-refractivity contribution is 7.89. The van der Waals surface area contributed by atoms with Crippen molar-refractivity contribution in [3.05, 3.63) is 29.8 Å². The Labute approximate surface area is 185 Å². The summed E-state index contributed by atoms with van der Waals surface area (Å²) in [5.74, 6) is 0.0515. The zero-order valence-electron chi connectivity index (χ0n) is 18.5.